The lowest BCUT2D eigenvalue weighted by Crippen LogP contribution is -2.29. The van der Waals surface area contributed by atoms with Crippen LogP contribution in [0.5, 0.6) is 0 Å². The third-order valence-electron chi connectivity index (χ3n) is 2.04. The highest BCUT2D eigenvalue weighted by Crippen LogP contribution is 2.15. The molecule has 1 rings (SSSR count). The van der Waals surface area contributed by atoms with Gasteiger partial charge in [0, 0.05) is 29.9 Å². The van der Waals surface area contributed by atoms with Crippen molar-refractivity contribution in [3.8, 4) is 0 Å². The first kappa shape index (κ1) is 14.4. The first-order valence-electron chi connectivity index (χ1n) is 5.60. The average Bonchev–Trinajstić information content (AvgIpc) is 2.29. The Morgan fingerprint density at radius 2 is 2.29 bits per heavy atom. The van der Waals surface area contributed by atoms with Crippen molar-refractivity contribution in [3.63, 3.8) is 0 Å². The van der Waals surface area contributed by atoms with Gasteiger partial charge in [-0.15, -0.1) is 0 Å². The summed E-state index contributed by atoms with van der Waals surface area (Å²) in [5.41, 5.74) is 0.974. The Morgan fingerprint density at radius 3 is 3.00 bits per heavy atom. The summed E-state index contributed by atoms with van der Waals surface area (Å²) < 4.78 is 6.27. The van der Waals surface area contributed by atoms with Crippen LogP contribution in [0.1, 0.15) is 13.3 Å². The Bertz CT molecular complexity index is 360. The van der Waals surface area contributed by atoms with E-state index in [0.29, 0.717) is 5.11 Å². The molecule has 0 aliphatic carbocycles. The van der Waals surface area contributed by atoms with Gasteiger partial charge in [-0.25, -0.2) is 0 Å². The molecule has 0 saturated heterocycles. The predicted octanol–water partition coefficient (Wildman–Crippen LogP) is 3.16. The third-order valence-corrected chi connectivity index (χ3v) is 2.78. The van der Waals surface area contributed by atoms with Crippen LogP contribution in [0.4, 0.5) is 5.69 Å². The highest BCUT2D eigenvalue weighted by Gasteiger charge is 1.97. The summed E-state index contributed by atoms with van der Waals surface area (Å²) in [7, 11) is 0. The van der Waals surface area contributed by atoms with Crippen molar-refractivity contribution in [3.05, 3.63) is 28.7 Å². The number of benzene rings is 1. The first-order valence-corrected chi connectivity index (χ1v) is 6.80. The molecule has 0 spiro atoms. The van der Waals surface area contributed by atoms with Crippen LogP contribution in [0.15, 0.2) is 28.7 Å². The molecule has 1 aromatic rings. The standard InChI is InChI=1S/C12H17BrN2OS/c1-2-16-8-4-7-14-12(17)15-11-6-3-5-10(13)9-11/h3,5-6,9H,2,4,7-8H2,1H3,(H2,14,15,17). The fourth-order valence-corrected chi connectivity index (χ4v) is 1.88. The van der Waals surface area contributed by atoms with Gasteiger partial charge in [-0.2, -0.15) is 0 Å². The van der Waals surface area contributed by atoms with E-state index in [-0.39, 0.29) is 0 Å². The first-order chi connectivity index (χ1) is 8.22. The highest BCUT2D eigenvalue weighted by molar-refractivity contribution is 9.10. The molecule has 0 saturated carbocycles. The molecule has 0 aliphatic rings. The van der Waals surface area contributed by atoms with E-state index in [2.05, 4.69) is 26.6 Å². The fraction of sp³-hybridized carbons (Fsp3) is 0.417. The lowest BCUT2D eigenvalue weighted by molar-refractivity contribution is 0.146. The molecule has 0 aromatic heterocycles. The quantitative estimate of drug-likeness (QED) is 0.624. The number of thiocarbonyl (C=S) groups is 1. The van der Waals surface area contributed by atoms with Crippen molar-refractivity contribution in [1.29, 1.82) is 0 Å². The molecule has 0 radical (unpaired) electrons. The van der Waals surface area contributed by atoms with Crippen LogP contribution >= 0.6 is 28.1 Å². The predicted molar refractivity (Wildman–Crippen MR) is 79.5 cm³/mol. The Labute approximate surface area is 116 Å². The van der Waals surface area contributed by atoms with Gasteiger partial charge in [0.2, 0.25) is 0 Å². The topological polar surface area (TPSA) is 33.3 Å². The van der Waals surface area contributed by atoms with Crippen LogP contribution in [0.25, 0.3) is 0 Å². The Hall–Kier alpha value is -0.650. The smallest absolute Gasteiger partial charge is 0.170 e. The molecular formula is C12H17BrN2OS. The second kappa shape index (κ2) is 8.44. The molecule has 0 unspecified atom stereocenters. The molecule has 0 heterocycles. The normalized spacial score (nSPS) is 10.0. The van der Waals surface area contributed by atoms with E-state index < -0.39 is 0 Å². The van der Waals surface area contributed by atoms with Crippen LogP contribution in [0.3, 0.4) is 0 Å². The number of hydrogen-bond acceptors (Lipinski definition) is 2. The second-order valence-corrected chi connectivity index (χ2v) is 4.77. The van der Waals surface area contributed by atoms with Crippen LogP contribution in [0.2, 0.25) is 0 Å². The molecule has 2 N–H and O–H groups in total. The van der Waals surface area contributed by atoms with Crippen molar-refractivity contribution >= 4 is 38.9 Å². The minimum absolute atomic E-state index is 0.639. The van der Waals surface area contributed by atoms with Gasteiger partial charge in [0.15, 0.2) is 5.11 Å². The van der Waals surface area contributed by atoms with Crippen molar-refractivity contribution in [2.24, 2.45) is 0 Å². The summed E-state index contributed by atoms with van der Waals surface area (Å²) in [5, 5.41) is 6.90. The Kier molecular flexibility index (Phi) is 7.16. The van der Waals surface area contributed by atoms with Gasteiger partial charge in [0.1, 0.15) is 0 Å². The summed E-state index contributed by atoms with van der Waals surface area (Å²) in [6, 6.07) is 7.89. The minimum Gasteiger partial charge on any atom is -0.382 e. The zero-order chi connectivity index (χ0) is 12.5. The maximum atomic E-state index is 5.24. The number of ether oxygens (including phenoxy) is 1. The Balaban J connectivity index is 2.21. The summed E-state index contributed by atoms with van der Waals surface area (Å²) in [5.74, 6) is 0. The van der Waals surface area contributed by atoms with Crippen LogP contribution in [0, 0.1) is 0 Å². The van der Waals surface area contributed by atoms with E-state index in [0.717, 1.165) is 36.3 Å². The molecule has 3 nitrogen and oxygen atoms in total. The van der Waals surface area contributed by atoms with Gasteiger partial charge in [0.25, 0.3) is 0 Å². The second-order valence-electron chi connectivity index (χ2n) is 3.44. The fourth-order valence-electron chi connectivity index (χ4n) is 1.26. The minimum atomic E-state index is 0.639. The summed E-state index contributed by atoms with van der Waals surface area (Å²) >= 11 is 8.59. The van der Waals surface area contributed by atoms with Crippen LogP contribution in [-0.4, -0.2) is 24.9 Å². The van der Waals surface area contributed by atoms with Gasteiger partial charge in [-0.05, 0) is 43.8 Å². The number of anilines is 1. The molecule has 0 fully saturated rings. The van der Waals surface area contributed by atoms with E-state index >= 15 is 0 Å². The largest absolute Gasteiger partial charge is 0.382 e. The highest BCUT2D eigenvalue weighted by atomic mass is 79.9. The van der Waals surface area contributed by atoms with Crippen LogP contribution < -0.4 is 10.6 Å². The number of nitrogens with one attached hydrogen (secondary N) is 2. The SMILES string of the molecule is CCOCCCNC(=S)Nc1cccc(Br)c1. The van der Waals surface area contributed by atoms with Gasteiger partial charge < -0.3 is 15.4 Å². The molecule has 0 amide bonds. The Morgan fingerprint density at radius 1 is 1.47 bits per heavy atom. The maximum Gasteiger partial charge on any atom is 0.170 e. The van der Waals surface area contributed by atoms with E-state index in [4.69, 9.17) is 17.0 Å². The lowest BCUT2D eigenvalue weighted by Gasteiger charge is -2.10. The van der Waals surface area contributed by atoms with E-state index in [9.17, 15) is 0 Å². The molecule has 0 aliphatic heterocycles. The van der Waals surface area contributed by atoms with E-state index in [1.165, 1.54) is 0 Å². The average molecular weight is 317 g/mol. The lowest BCUT2D eigenvalue weighted by atomic mass is 10.3. The van der Waals surface area contributed by atoms with E-state index in [1.54, 1.807) is 0 Å². The zero-order valence-electron chi connectivity index (χ0n) is 9.83. The summed E-state index contributed by atoms with van der Waals surface area (Å²) in [6.07, 6.45) is 0.953. The zero-order valence-corrected chi connectivity index (χ0v) is 12.2. The van der Waals surface area contributed by atoms with Crippen molar-refractivity contribution < 1.29 is 4.74 Å². The molecule has 0 bridgehead atoms. The molecule has 5 heteroatoms. The van der Waals surface area contributed by atoms with Crippen LogP contribution in [-0.2, 0) is 4.74 Å². The van der Waals surface area contributed by atoms with E-state index in [1.807, 2.05) is 31.2 Å². The molecule has 1 aromatic carbocycles. The van der Waals surface area contributed by atoms with Gasteiger partial charge >= 0.3 is 0 Å². The molecule has 0 atom stereocenters. The van der Waals surface area contributed by atoms with Gasteiger partial charge in [-0.1, -0.05) is 22.0 Å². The summed E-state index contributed by atoms with van der Waals surface area (Å²) in [4.78, 5) is 0. The van der Waals surface area contributed by atoms with Gasteiger partial charge in [0.05, 0.1) is 0 Å². The van der Waals surface area contributed by atoms with Crippen molar-refractivity contribution in [1.82, 2.24) is 5.32 Å². The third kappa shape index (κ3) is 6.61. The van der Waals surface area contributed by atoms with Gasteiger partial charge in [-0.3, -0.25) is 0 Å². The van der Waals surface area contributed by atoms with Crippen molar-refractivity contribution in [2.75, 3.05) is 25.1 Å². The summed E-state index contributed by atoms with van der Waals surface area (Å²) in [6.45, 7) is 4.34. The monoisotopic (exact) mass is 316 g/mol. The number of hydrogen-bond donors (Lipinski definition) is 2. The van der Waals surface area contributed by atoms with Crippen molar-refractivity contribution in [2.45, 2.75) is 13.3 Å². The number of halogens is 1. The molecular weight excluding hydrogens is 300 g/mol. The number of rotatable bonds is 6. The maximum absolute atomic E-state index is 5.24. The molecule has 17 heavy (non-hydrogen) atoms. The molecule has 94 valence electrons.